The molecule has 0 aliphatic heterocycles. The van der Waals surface area contributed by atoms with Gasteiger partial charge in [-0.1, -0.05) is 0 Å². The van der Waals surface area contributed by atoms with E-state index < -0.39 is 10.9 Å². The molecule has 21 heavy (non-hydrogen) atoms. The highest BCUT2D eigenvalue weighted by molar-refractivity contribution is 5.85. The van der Waals surface area contributed by atoms with Crippen molar-refractivity contribution < 1.29 is 14.5 Å². The average Bonchev–Trinajstić information content (AvgIpc) is 2.44. The van der Waals surface area contributed by atoms with Gasteiger partial charge in [0.15, 0.2) is 0 Å². The number of esters is 1. The fourth-order valence-electron chi connectivity index (χ4n) is 1.74. The topological polar surface area (TPSA) is 95.2 Å². The molecule has 0 amide bonds. The SMILES string of the molecule is Cc1cc(C)nc(C(=O)OCc2ccc([N+](=O)[O-])cc2)n1. The summed E-state index contributed by atoms with van der Waals surface area (Å²) in [7, 11) is 0. The predicted octanol–water partition coefficient (Wildman–Crippen LogP) is 2.36. The van der Waals surface area contributed by atoms with Gasteiger partial charge in [0.05, 0.1) is 4.92 Å². The van der Waals surface area contributed by atoms with E-state index in [-0.39, 0.29) is 18.1 Å². The summed E-state index contributed by atoms with van der Waals surface area (Å²) >= 11 is 0. The fourth-order valence-corrected chi connectivity index (χ4v) is 1.74. The van der Waals surface area contributed by atoms with Crippen molar-refractivity contribution in [1.82, 2.24) is 9.97 Å². The molecule has 1 heterocycles. The van der Waals surface area contributed by atoms with Crippen molar-refractivity contribution in [3.63, 3.8) is 0 Å². The maximum absolute atomic E-state index is 11.8. The van der Waals surface area contributed by atoms with Gasteiger partial charge >= 0.3 is 5.97 Å². The zero-order valence-corrected chi connectivity index (χ0v) is 11.6. The summed E-state index contributed by atoms with van der Waals surface area (Å²) in [6.07, 6.45) is 0. The van der Waals surface area contributed by atoms with Crippen molar-refractivity contribution in [3.05, 3.63) is 63.2 Å². The first kappa shape index (κ1) is 14.6. The van der Waals surface area contributed by atoms with Gasteiger partial charge < -0.3 is 4.74 Å². The Morgan fingerprint density at radius 3 is 2.29 bits per heavy atom. The summed E-state index contributed by atoms with van der Waals surface area (Å²) in [6.45, 7) is 3.54. The van der Waals surface area contributed by atoms with Gasteiger partial charge in [-0.15, -0.1) is 0 Å². The number of nitro groups is 1. The number of ether oxygens (including phenoxy) is 1. The number of nitro benzene ring substituents is 1. The number of carbonyl (C=O) groups excluding carboxylic acids is 1. The highest BCUT2D eigenvalue weighted by atomic mass is 16.6. The van der Waals surface area contributed by atoms with Crippen LogP contribution >= 0.6 is 0 Å². The van der Waals surface area contributed by atoms with Crippen LogP contribution in [0.2, 0.25) is 0 Å². The second kappa shape index (κ2) is 6.08. The van der Waals surface area contributed by atoms with Crippen LogP contribution in [0.25, 0.3) is 0 Å². The molecule has 1 aromatic carbocycles. The van der Waals surface area contributed by atoms with Crippen LogP contribution in [0.3, 0.4) is 0 Å². The minimum absolute atomic E-state index is 0.00712. The lowest BCUT2D eigenvalue weighted by Gasteiger charge is -2.05. The van der Waals surface area contributed by atoms with E-state index in [4.69, 9.17) is 4.74 Å². The Morgan fingerprint density at radius 2 is 1.76 bits per heavy atom. The van der Waals surface area contributed by atoms with Crippen LogP contribution < -0.4 is 0 Å². The van der Waals surface area contributed by atoms with E-state index in [1.165, 1.54) is 24.3 Å². The molecular weight excluding hydrogens is 274 g/mol. The maximum Gasteiger partial charge on any atom is 0.376 e. The normalized spacial score (nSPS) is 10.2. The van der Waals surface area contributed by atoms with Crippen LogP contribution in [0.15, 0.2) is 30.3 Å². The van der Waals surface area contributed by atoms with Gasteiger partial charge in [-0.05, 0) is 37.6 Å². The van der Waals surface area contributed by atoms with Gasteiger partial charge in [-0.2, -0.15) is 0 Å². The number of nitrogens with zero attached hydrogens (tertiary/aromatic N) is 3. The molecule has 2 rings (SSSR count). The number of hydrogen-bond donors (Lipinski definition) is 0. The van der Waals surface area contributed by atoms with Crippen molar-refractivity contribution in [2.75, 3.05) is 0 Å². The Bertz CT molecular complexity index is 663. The quantitative estimate of drug-likeness (QED) is 0.486. The van der Waals surface area contributed by atoms with E-state index in [0.29, 0.717) is 17.0 Å². The Balaban J connectivity index is 2.02. The van der Waals surface area contributed by atoms with Crippen molar-refractivity contribution >= 4 is 11.7 Å². The number of rotatable bonds is 4. The molecule has 108 valence electrons. The third-order valence-corrected chi connectivity index (χ3v) is 2.68. The second-order valence-electron chi connectivity index (χ2n) is 4.47. The summed E-state index contributed by atoms with van der Waals surface area (Å²) in [5, 5.41) is 10.5. The third-order valence-electron chi connectivity index (χ3n) is 2.68. The third kappa shape index (κ3) is 3.82. The van der Waals surface area contributed by atoms with E-state index >= 15 is 0 Å². The molecule has 1 aromatic heterocycles. The smallest absolute Gasteiger partial charge is 0.376 e. The van der Waals surface area contributed by atoms with Gasteiger partial charge in [-0.25, -0.2) is 14.8 Å². The molecule has 0 fully saturated rings. The van der Waals surface area contributed by atoms with Gasteiger partial charge in [0.1, 0.15) is 6.61 Å². The molecule has 0 aliphatic rings. The van der Waals surface area contributed by atoms with Crippen molar-refractivity contribution in [1.29, 1.82) is 0 Å². The van der Waals surface area contributed by atoms with Crippen molar-refractivity contribution in [2.45, 2.75) is 20.5 Å². The largest absolute Gasteiger partial charge is 0.455 e. The monoisotopic (exact) mass is 287 g/mol. The number of hydrogen-bond acceptors (Lipinski definition) is 6. The molecule has 7 heteroatoms. The number of aryl methyl sites for hydroxylation is 2. The molecular formula is C14H13N3O4. The Morgan fingerprint density at radius 1 is 1.19 bits per heavy atom. The zero-order chi connectivity index (χ0) is 15.4. The van der Waals surface area contributed by atoms with Gasteiger partial charge in [0.2, 0.25) is 5.82 Å². The number of aromatic nitrogens is 2. The number of non-ortho nitro benzene ring substituents is 1. The van der Waals surface area contributed by atoms with Crippen molar-refractivity contribution in [3.8, 4) is 0 Å². The zero-order valence-electron chi connectivity index (χ0n) is 11.6. The lowest BCUT2D eigenvalue weighted by molar-refractivity contribution is -0.384. The molecule has 0 unspecified atom stereocenters. The van der Waals surface area contributed by atoms with Crippen LogP contribution in [0.4, 0.5) is 5.69 Å². The van der Waals surface area contributed by atoms with Crippen LogP contribution in [-0.2, 0) is 11.3 Å². The predicted molar refractivity (Wildman–Crippen MR) is 73.7 cm³/mol. The van der Waals surface area contributed by atoms with E-state index in [1.807, 2.05) is 0 Å². The van der Waals surface area contributed by atoms with Gasteiger partial charge in [0, 0.05) is 23.5 Å². The van der Waals surface area contributed by atoms with E-state index in [2.05, 4.69) is 9.97 Å². The first-order valence-corrected chi connectivity index (χ1v) is 6.18. The summed E-state index contributed by atoms with van der Waals surface area (Å²) in [4.78, 5) is 29.9. The van der Waals surface area contributed by atoms with E-state index in [0.717, 1.165) is 0 Å². The van der Waals surface area contributed by atoms with Crippen LogP contribution in [0, 0.1) is 24.0 Å². The van der Waals surface area contributed by atoms with Gasteiger partial charge in [-0.3, -0.25) is 10.1 Å². The van der Waals surface area contributed by atoms with Crippen LogP contribution in [0.5, 0.6) is 0 Å². The maximum atomic E-state index is 11.8. The first-order chi connectivity index (χ1) is 9.95. The Hall–Kier alpha value is -2.83. The Labute approximate surface area is 120 Å². The second-order valence-corrected chi connectivity index (χ2v) is 4.47. The standard InChI is InChI=1S/C14H13N3O4/c1-9-7-10(2)16-13(15-9)14(18)21-8-11-3-5-12(6-4-11)17(19)20/h3-7H,8H2,1-2H3. The highest BCUT2D eigenvalue weighted by Gasteiger charge is 2.12. The van der Waals surface area contributed by atoms with Gasteiger partial charge in [0.25, 0.3) is 5.69 Å². The van der Waals surface area contributed by atoms with Crippen molar-refractivity contribution in [2.24, 2.45) is 0 Å². The van der Waals surface area contributed by atoms with Crippen LogP contribution in [0.1, 0.15) is 27.6 Å². The lowest BCUT2D eigenvalue weighted by Crippen LogP contribution is -2.11. The minimum atomic E-state index is -0.625. The first-order valence-electron chi connectivity index (χ1n) is 6.18. The lowest BCUT2D eigenvalue weighted by atomic mass is 10.2. The molecule has 0 atom stereocenters. The number of benzene rings is 1. The summed E-state index contributed by atoms with van der Waals surface area (Å²) < 4.78 is 5.09. The molecule has 0 aliphatic carbocycles. The molecule has 2 aromatic rings. The molecule has 0 bridgehead atoms. The summed E-state index contributed by atoms with van der Waals surface area (Å²) in [6, 6.07) is 7.54. The molecule has 0 saturated carbocycles. The van der Waals surface area contributed by atoms with E-state index in [1.54, 1.807) is 19.9 Å². The Kier molecular flexibility index (Phi) is 4.22. The molecule has 0 spiro atoms. The molecule has 0 N–H and O–H groups in total. The highest BCUT2D eigenvalue weighted by Crippen LogP contribution is 2.13. The molecule has 7 nitrogen and oxygen atoms in total. The minimum Gasteiger partial charge on any atom is -0.455 e. The van der Waals surface area contributed by atoms with Crippen LogP contribution in [-0.4, -0.2) is 20.9 Å². The summed E-state index contributed by atoms with van der Waals surface area (Å²) in [5.74, 6) is -0.616. The van der Waals surface area contributed by atoms with E-state index in [9.17, 15) is 14.9 Å². The number of carbonyl (C=O) groups is 1. The molecule has 0 radical (unpaired) electrons. The average molecular weight is 287 g/mol. The molecule has 0 saturated heterocycles. The fraction of sp³-hybridized carbons (Fsp3) is 0.214. The summed E-state index contributed by atoms with van der Waals surface area (Å²) in [5.41, 5.74) is 2.01.